The minimum absolute atomic E-state index is 0.00319. The number of carbonyl (C=O) groups excluding carboxylic acids is 2. The maximum Gasteiger partial charge on any atom is 0.237 e. The summed E-state index contributed by atoms with van der Waals surface area (Å²) in [5.41, 5.74) is 0. The summed E-state index contributed by atoms with van der Waals surface area (Å²) in [6.45, 7) is 10.5. The number of rotatable bonds is 11. The van der Waals surface area contributed by atoms with Crippen molar-refractivity contribution in [3.63, 3.8) is 0 Å². The lowest BCUT2D eigenvalue weighted by molar-refractivity contribution is -0.123. The van der Waals surface area contributed by atoms with Crippen LogP contribution in [0.3, 0.4) is 0 Å². The maximum absolute atomic E-state index is 11.4. The van der Waals surface area contributed by atoms with Crippen LogP contribution in [0.25, 0.3) is 0 Å². The highest BCUT2D eigenvalue weighted by Gasteiger charge is 2.27. The Morgan fingerprint density at radius 3 is 2.27 bits per heavy atom. The van der Waals surface area contributed by atoms with Crippen LogP contribution in [0.1, 0.15) is 59.3 Å². The number of aliphatic hydroxyl groups excluding tert-OH is 1. The van der Waals surface area contributed by atoms with Gasteiger partial charge in [-0.25, -0.2) is 0 Å². The van der Waals surface area contributed by atoms with Gasteiger partial charge < -0.3 is 15.7 Å². The Hall–Kier alpha value is -1.46. The number of hydrogen-bond donors (Lipinski definition) is 3. The molecule has 152 valence electrons. The van der Waals surface area contributed by atoms with E-state index < -0.39 is 0 Å². The molecular weight excluding hydrogens is 328 g/mol. The SMILES string of the molecule is C=C/C=C/C=O.CCCC(C)CC.CNC(CC1CC1)C(=O)NCCO. The summed E-state index contributed by atoms with van der Waals surface area (Å²) in [7, 11) is 1.80. The zero-order valence-corrected chi connectivity index (χ0v) is 17.2. The van der Waals surface area contributed by atoms with Gasteiger partial charge in [-0.15, -0.1) is 0 Å². The molecule has 0 bridgehead atoms. The number of aldehydes is 1. The number of hydrogen-bond acceptors (Lipinski definition) is 4. The molecule has 1 fully saturated rings. The third-order valence-corrected chi connectivity index (χ3v) is 4.15. The predicted octanol–water partition coefficient (Wildman–Crippen LogP) is 3.24. The molecule has 0 heterocycles. The van der Waals surface area contributed by atoms with Gasteiger partial charge in [0.25, 0.3) is 0 Å². The van der Waals surface area contributed by atoms with Gasteiger partial charge in [-0.1, -0.05) is 71.6 Å². The average molecular weight is 369 g/mol. The van der Waals surface area contributed by atoms with Gasteiger partial charge in [0, 0.05) is 6.54 Å². The van der Waals surface area contributed by atoms with E-state index in [1.807, 2.05) is 0 Å². The van der Waals surface area contributed by atoms with Crippen LogP contribution in [-0.4, -0.2) is 43.5 Å². The molecule has 0 aromatic carbocycles. The maximum atomic E-state index is 11.4. The third-order valence-electron chi connectivity index (χ3n) is 4.15. The van der Waals surface area contributed by atoms with Crippen molar-refractivity contribution >= 4 is 12.2 Å². The number of amides is 1. The van der Waals surface area contributed by atoms with Crippen LogP contribution >= 0.6 is 0 Å². The Bertz CT molecular complexity index is 369. The fourth-order valence-electron chi connectivity index (χ4n) is 2.17. The fourth-order valence-corrected chi connectivity index (χ4v) is 2.17. The number of allylic oxidation sites excluding steroid dienone is 3. The molecule has 0 radical (unpaired) electrons. The molecule has 1 rings (SSSR count). The Morgan fingerprint density at radius 2 is 1.96 bits per heavy atom. The zero-order chi connectivity index (χ0) is 20.2. The van der Waals surface area contributed by atoms with E-state index in [1.54, 1.807) is 19.2 Å². The Labute approximate surface area is 160 Å². The van der Waals surface area contributed by atoms with Crippen molar-refractivity contribution in [2.24, 2.45) is 11.8 Å². The first-order valence-corrected chi connectivity index (χ1v) is 9.79. The highest BCUT2D eigenvalue weighted by molar-refractivity contribution is 5.81. The monoisotopic (exact) mass is 368 g/mol. The fraction of sp³-hybridized carbons (Fsp3) is 0.714. The van der Waals surface area contributed by atoms with E-state index in [-0.39, 0.29) is 18.6 Å². The molecule has 0 aromatic rings. The third kappa shape index (κ3) is 18.9. The molecule has 5 heteroatoms. The molecule has 0 spiro atoms. The first-order chi connectivity index (χ1) is 12.5. The van der Waals surface area contributed by atoms with Gasteiger partial charge in [0.15, 0.2) is 0 Å². The minimum atomic E-state index is -0.0842. The summed E-state index contributed by atoms with van der Waals surface area (Å²) in [6, 6.07) is -0.0842. The van der Waals surface area contributed by atoms with Gasteiger partial charge in [0.05, 0.1) is 12.6 Å². The van der Waals surface area contributed by atoms with Crippen LogP contribution in [0.2, 0.25) is 0 Å². The largest absolute Gasteiger partial charge is 0.395 e. The first kappa shape index (κ1) is 26.8. The van der Waals surface area contributed by atoms with Crippen LogP contribution in [-0.2, 0) is 9.59 Å². The molecule has 1 aliphatic rings. The van der Waals surface area contributed by atoms with Crippen molar-refractivity contribution in [2.45, 2.75) is 65.3 Å². The van der Waals surface area contributed by atoms with Gasteiger partial charge in [-0.05, 0) is 31.4 Å². The molecule has 5 nitrogen and oxygen atoms in total. The van der Waals surface area contributed by atoms with E-state index in [4.69, 9.17) is 5.11 Å². The number of likely N-dealkylation sites (N-methyl/N-ethyl adjacent to an activating group) is 1. The predicted molar refractivity (Wildman–Crippen MR) is 110 cm³/mol. The van der Waals surface area contributed by atoms with E-state index in [9.17, 15) is 9.59 Å². The van der Waals surface area contributed by atoms with Gasteiger partial charge in [-0.3, -0.25) is 9.59 Å². The average Bonchev–Trinajstić information content (AvgIpc) is 3.47. The van der Waals surface area contributed by atoms with Crippen LogP contribution in [0.15, 0.2) is 24.8 Å². The summed E-state index contributed by atoms with van der Waals surface area (Å²) >= 11 is 0. The second-order valence-corrected chi connectivity index (χ2v) is 6.59. The van der Waals surface area contributed by atoms with Crippen molar-refractivity contribution in [3.8, 4) is 0 Å². The highest BCUT2D eigenvalue weighted by atomic mass is 16.3. The molecule has 1 saturated carbocycles. The quantitative estimate of drug-likeness (QED) is 0.297. The summed E-state index contributed by atoms with van der Waals surface area (Å²) in [5.74, 6) is 1.69. The van der Waals surface area contributed by atoms with Crippen molar-refractivity contribution in [1.82, 2.24) is 10.6 Å². The molecule has 1 aliphatic carbocycles. The van der Waals surface area contributed by atoms with E-state index in [0.29, 0.717) is 12.8 Å². The summed E-state index contributed by atoms with van der Waals surface area (Å²) < 4.78 is 0. The van der Waals surface area contributed by atoms with E-state index >= 15 is 0 Å². The Kier molecular flexibility index (Phi) is 20.4. The van der Waals surface area contributed by atoms with Crippen LogP contribution < -0.4 is 10.6 Å². The first-order valence-electron chi connectivity index (χ1n) is 9.79. The topological polar surface area (TPSA) is 78.4 Å². The molecule has 2 atom stereocenters. The number of aliphatic hydroxyl groups is 1. The summed E-state index contributed by atoms with van der Waals surface area (Å²) in [6.07, 6.45) is 12.7. The van der Waals surface area contributed by atoms with E-state index in [0.717, 1.165) is 18.3 Å². The van der Waals surface area contributed by atoms with Crippen LogP contribution in [0.4, 0.5) is 0 Å². The Morgan fingerprint density at radius 1 is 1.31 bits per heavy atom. The molecule has 3 N–H and O–H groups in total. The van der Waals surface area contributed by atoms with Gasteiger partial charge >= 0.3 is 0 Å². The smallest absolute Gasteiger partial charge is 0.237 e. The van der Waals surface area contributed by atoms with Crippen LogP contribution in [0, 0.1) is 11.8 Å². The molecule has 0 aliphatic heterocycles. The molecule has 0 aromatic heterocycles. The lowest BCUT2D eigenvalue weighted by Crippen LogP contribution is -2.43. The minimum Gasteiger partial charge on any atom is -0.395 e. The van der Waals surface area contributed by atoms with Gasteiger partial charge in [0.1, 0.15) is 6.29 Å². The van der Waals surface area contributed by atoms with Gasteiger partial charge in [-0.2, -0.15) is 0 Å². The molecule has 2 unspecified atom stereocenters. The van der Waals surface area contributed by atoms with Crippen molar-refractivity contribution in [3.05, 3.63) is 24.8 Å². The normalized spacial score (nSPS) is 15.0. The lowest BCUT2D eigenvalue weighted by atomic mass is 10.0. The zero-order valence-electron chi connectivity index (χ0n) is 17.2. The molecular formula is C21H40N2O3. The standard InChI is InChI=1S/C9H18N2O2.C7H16.C5H6O/c1-10-8(6-7-2-3-7)9(13)11-4-5-12;1-4-6-7(3)5-2;1-2-3-4-5-6/h7-8,10,12H,2-6H2,1H3,(H,11,13);7H,4-6H2,1-3H3;2-5H,1H2/b;;4-3+. The second-order valence-electron chi connectivity index (χ2n) is 6.59. The van der Waals surface area contributed by atoms with E-state index in [1.165, 1.54) is 38.2 Å². The summed E-state index contributed by atoms with van der Waals surface area (Å²) in [5, 5.41) is 14.2. The lowest BCUT2D eigenvalue weighted by Gasteiger charge is -2.14. The van der Waals surface area contributed by atoms with Crippen molar-refractivity contribution < 1.29 is 14.7 Å². The number of carbonyl (C=O) groups is 2. The molecule has 26 heavy (non-hydrogen) atoms. The summed E-state index contributed by atoms with van der Waals surface area (Å²) in [4.78, 5) is 20.8. The number of nitrogens with one attached hydrogen (secondary N) is 2. The van der Waals surface area contributed by atoms with Gasteiger partial charge in [0.2, 0.25) is 5.91 Å². The molecule has 0 saturated heterocycles. The van der Waals surface area contributed by atoms with E-state index in [2.05, 4.69) is 38.0 Å². The highest BCUT2D eigenvalue weighted by Crippen LogP contribution is 2.33. The second kappa shape index (κ2) is 19.9. The molecule has 1 amide bonds. The van der Waals surface area contributed by atoms with Crippen molar-refractivity contribution in [2.75, 3.05) is 20.2 Å². The van der Waals surface area contributed by atoms with Crippen molar-refractivity contribution in [1.29, 1.82) is 0 Å². The Balaban J connectivity index is 0. The van der Waals surface area contributed by atoms with Crippen LogP contribution in [0.5, 0.6) is 0 Å².